The van der Waals surface area contributed by atoms with E-state index in [0.717, 1.165) is 12.8 Å². The van der Waals surface area contributed by atoms with Gasteiger partial charge in [-0.05, 0) is 45.4 Å². The van der Waals surface area contributed by atoms with Gasteiger partial charge in [-0.2, -0.15) is 0 Å². The van der Waals surface area contributed by atoms with E-state index in [4.69, 9.17) is 0 Å². The van der Waals surface area contributed by atoms with Gasteiger partial charge in [0.15, 0.2) is 0 Å². The van der Waals surface area contributed by atoms with Crippen LogP contribution in [0.15, 0.2) is 28.8 Å². The number of amides is 1. The van der Waals surface area contributed by atoms with Crippen LogP contribution in [-0.4, -0.2) is 39.5 Å². The standard InChI is InChI=1S/C19H24N2O4/c1-11(2)20-9-15(17(22)16(10-20)19(24)25)18(23)21-7-13-5-4-12(3)6-14(13)8-21/h4,9-11,13-14H,5-8H2,1-3H3,(H,24,25)/t13-,14+/m1/s1. The van der Waals surface area contributed by atoms with Gasteiger partial charge < -0.3 is 14.6 Å². The number of likely N-dealkylation sites (tertiary alicyclic amines) is 1. The molecule has 1 aromatic rings. The van der Waals surface area contributed by atoms with Crippen LogP contribution in [0.1, 0.15) is 60.4 Å². The van der Waals surface area contributed by atoms with Crippen molar-refractivity contribution in [3.8, 4) is 0 Å². The average Bonchev–Trinajstić information content (AvgIpc) is 2.96. The van der Waals surface area contributed by atoms with E-state index >= 15 is 0 Å². The summed E-state index contributed by atoms with van der Waals surface area (Å²) in [5.74, 6) is -0.787. The summed E-state index contributed by atoms with van der Waals surface area (Å²) in [6.45, 7) is 7.13. The number of aromatic carboxylic acids is 1. The van der Waals surface area contributed by atoms with Crippen molar-refractivity contribution < 1.29 is 14.7 Å². The molecule has 0 bridgehead atoms. The lowest BCUT2D eigenvalue weighted by molar-refractivity contribution is 0.0694. The fourth-order valence-electron chi connectivity index (χ4n) is 3.82. The second-order valence-corrected chi connectivity index (χ2v) is 7.48. The molecule has 0 radical (unpaired) electrons. The van der Waals surface area contributed by atoms with E-state index in [-0.39, 0.29) is 23.1 Å². The Morgan fingerprint density at radius 2 is 1.80 bits per heavy atom. The maximum atomic E-state index is 12.9. The van der Waals surface area contributed by atoms with Gasteiger partial charge in [0.1, 0.15) is 11.1 Å². The number of carbonyl (C=O) groups is 2. The molecule has 6 nitrogen and oxygen atoms in total. The largest absolute Gasteiger partial charge is 0.477 e. The smallest absolute Gasteiger partial charge is 0.341 e. The first kappa shape index (κ1) is 17.5. The summed E-state index contributed by atoms with van der Waals surface area (Å²) in [6.07, 6.45) is 6.98. The van der Waals surface area contributed by atoms with E-state index in [1.165, 1.54) is 18.0 Å². The average molecular weight is 344 g/mol. The van der Waals surface area contributed by atoms with Crippen LogP contribution in [0.5, 0.6) is 0 Å². The van der Waals surface area contributed by atoms with Gasteiger partial charge in [-0.15, -0.1) is 0 Å². The lowest BCUT2D eigenvalue weighted by Gasteiger charge is -2.21. The van der Waals surface area contributed by atoms with Crippen LogP contribution in [0.3, 0.4) is 0 Å². The maximum Gasteiger partial charge on any atom is 0.341 e. The molecule has 3 rings (SSSR count). The maximum absolute atomic E-state index is 12.9. The summed E-state index contributed by atoms with van der Waals surface area (Å²) >= 11 is 0. The number of pyridine rings is 1. The molecule has 134 valence electrons. The number of hydrogen-bond acceptors (Lipinski definition) is 3. The van der Waals surface area contributed by atoms with Gasteiger partial charge in [-0.3, -0.25) is 9.59 Å². The third kappa shape index (κ3) is 3.25. The normalized spacial score (nSPS) is 22.7. The number of hydrogen-bond donors (Lipinski definition) is 1. The van der Waals surface area contributed by atoms with E-state index < -0.39 is 11.4 Å². The minimum Gasteiger partial charge on any atom is -0.477 e. The molecule has 2 aliphatic rings. The molecule has 25 heavy (non-hydrogen) atoms. The highest BCUT2D eigenvalue weighted by Crippen LogP contribution is 2.36. The Morgan fingerprint density at radius 3 is 2.44 bits per heavy atom. The van der Waals surface area contributed by atoms with Crippen molar-refractivity contribution in [3.05, 3.63) is 45.4 Å². The Hall–Kier alpha value is -2.37. The summed E-state index contributed by atoms with van der Waals surface area (Å²) in [4.78, 5) is 38.5. The van der Waals surface area contributed by atoms with Gasteiger partial charge >= 0.3 is 5.97 Å². The summed E-state index contributed by atoms with van der Waals surface area (Å²) in [5, 5.41) is 9.30. The number of aromatic nitrogens is 1. The van der Waals surface area contributed by atoms with Crippen molar-refractivity contribution in [1.82, 2.24) is 9.47 Å². The minimum absolute atomic E-state index is 0.0433. The van der Waals surface area contributed by atoms with E-state index in [0.29, 0.717) is 24.9 Å². The van der Waals surface area contributed by atoms with Crippen molar-refractivity contribution in [2.24, 2.45) is 11.8 Å². The molecule has 2 heterocycles. The van der Waals surface area contributed by atoms with Crippen LogP contribution in [0.25, 0.3) is 0 Å². The van der Waals surface area contributed by atoms with Crippen LogP contribution in [-0.2, 0) is 0 Å². The first-order chi connectivity index (χ1) is 11.8. The first-order valence-corrected chi connectivity index (χ1v) is 8.72. The van der Waals surface area contributed by atoms with E-state index in [1.54, 1.807) is 9.47 Å². The molecule has 1 aromatic heterocycles. The van der Waals surface area contributed by atoms with Crippen LogP contribution in [0.4, 0.5) is 0 Å². The van der Waals surface area contributed by atoms with Gasteiger partial charge in [-0.25, -0.2) is 4.79 Å². The molecule has 0 spiro atoms. The van der Waals surface area contributed by atoms with Crippen molar-refractivity contribution in [1.29, 1.82) is 0 Å². The molecule has 0 unspecified atom stereocenters. The molecule has 1 saturated heterocycles. The Bertz CT molecular complexity index is 806. The van der Waals surface area contributed by atoms with Crippen molar-refractivity contribution in [2.75, 3.05) is 13.1 Å². The highest BCUT2D eigenvalue weighted by molar-refractivity contribution is 5.97. The molecular weight excluding hydrogens is 320 g/mol. The van der Waals surface area contributed by atoms with E-state index in [9.17, 15) is 19.5 Å². The van der Waals surface area contributed by atoms with Gasteiger partial charge in [0.25, 0.3) is 5.91 Å². The predicted octanol–water partition coefficient (Wildman–Crippen LogP) is 2.56. The molecular formula is C19H24N2O4. The van der Waals surface area contributed by atoms with Crippen LogP contribution < -0.4 is 5.43 Å². The number of carbonyl (C=O) groups excluding carboxylic acids is 1. The highest BCUT2D eigenvalue weighted by Gasteiger charge is 2.37. The lowest BCUT2D eigenvalue weighted by atomic mass is 9.83. The molecule has 0 aromatic carbocycles. The quantitative estimate of drug-likeness (QED) is 0.855. The zero-order valence-corrected chi connectivity index (χ0v) is 14.9. The molecule has 0 saturated carbocycles. The Labute approximate surface area is 146 Å². The van der Waals surface area contributed by atoms with Crippen molar-refractivity contribution in [2.45, 2.75) is 39.7 Å². The summed E-state index contributed by atoms with van der Waals surface area (Å²) in [6, 6.07) is -0.0433. The Balaban J connectivity index is 1.93. The van der Waals surface area contributed by atoms with Crippen LogP contribution in [0, 0.1) is 11.8 Å². The van der Waals surface area contributed by atoms with Crippen molar-refractivity contribution in [3.63, 3.8) is 0 Å². The fraction of sp³-hybridized carbons (Fsp3) is 0.526. The second-order valence-electron chi connectivity index (χ2n) is 7.48. The number of carboxylic acids is 1. The zero-order chi connectivity index (χ0) is 18.3. The van der Waals surface area contributed by atoms with Crippen molar-refractivity contribution >= 4 is 11.9 Å². The molecule has 2 atom stereocenters. The minimum atomic E-state index is -1.30. The molecule has 1 amide bonds. The summed E-state index contributed by atoms with van der Waals surface area (Å²) in [7, 11) is 0. The van der Waals surface area contributed by atoms with Crippen LogP contribution in [0.2, 0.25) is 0 Å². The zero-order valence-electron chi connectivity index (χ0n) is 14.9. The molecule has 1 N–H and O–H groups in total. The SMILES string of the molecule is CC1=CC[C@@H]2CN(C(=O)c3cn(C(C)C)cc(C(=O)O)c3=O)C[C@@H]2C1. The Morgan fingerprint density at radius 1 is 1.16 bits per heavy atom. The Kier molecular flexibility index (Phi) is 4.54. The summed E-state index contributed by atoms with van der Waals surface area (Å²) in [5.41, 5.74) is 0.259. The van der Waals surface area contributed by atoms with Gasteiger partial charge in [0, 0.05) is 31.5 Å². The number of nitrogens with zero attached hydrogens (tertiary/aromatic N) is 2. The number of allylic oxidation sites excluding steroid dienone is 2. The second kappa shape index (κ2) is 6.50. The third-order valence-electron chi connectivity index (χ3n) is 5.32. The first-order valence-electron chi connectivity index (χ1n) is 8.72. The molecule has 1 aliphatic carbocycles. The van der Waals surface area contributed by atoms with E-state index in [2.05, 4.69) is 13.0 Å². The topological polar surface area (TPSA) is 79.6 Å². The molecule has 1 fully saturated rings. The van der Waals surface area contributed by atoms with Gasteiger partial charge in [0.2, 0.25) is 5.43 Å². The van der Waals surface area contributed by atoms with Gasteiger partial charge in [0.05, 0.1) is 0 Å². The fourth-order valence-corrected chi connectivity index (χ4v) is 3.82. The number of rotatable bonds is 3. The third-order valence-corrected chi connectivity index (χ3v) is 5.32. The molecule has 6 heteroatoms. The summed E-state index contributed by atoms with van der Waals surface area (Å²) < 4.78 is 1.62. The van der Waals surface area contributed by atoms with E-state index in [1.807, 2.05) is 13.8 Å². The highest BCUT2D eigenvalue weighted by atomic mass is 16.4. The number of carboxylic acid groups (broad SMARTS) is 1. The molecule has 1 aliphatic heterocycles. The predicted molar refractivity (Wildman–Crippen MR) is 93.9 cm³/mol. The lowest BCUT2D eigenvalue weighted by Crippen LogP contribution is -2.35. The number of fused-ring (bicyclic) bond motifs is 1. The monoisotopic (exact) mass is 344 g/mol. The van der Waals surface area contributed by atoms with Crippen LogP contribution >= 0.6 is 0 Å². The van der Waals surface area contributed by atoms with Gasteiger partial charge in [-0.1, -0.05) is 11.6 Å².